The van der Waals surface area contributed by atoms with Crippen LogP contribution >= 0.6 is 12.6 Å². The van der Waals surface area contributed by atoms with Gasteiger partial charge in [-0.15, -0.1) is 0 Å². The van der Waals surface area contributed by atoms with E-state index in [9.17, 15) is 9.90 Å². The third-order valence-corrected chi connectivity index (χ3v) is 3.50. The number of aliphatic hydroxyl groups is 1. The molecule has 0 bridgehead atoms. The van der Waals surface area contributed by atoms with Gasteiger partial charge < -0.3 is 15.6 Å². The van der Waals surface area contributed by atoms with Crippen LogP contribution in [0.2, 0.25) is 0 Å². The summed E-state index contributed by atoms with van der Waals surface area (Å²) >= 11 is 4.12. The molecule has 2 aromatic heterocycles. The number of nitrogens with zero attached hydrogens (tertiary/aromatic N) is 3. The third kappa shape index (κ3) is 1.99. The highest BCUT2D eigenvalue weighted by Gasteiger charge is 2.34. The number of aromatic amines is 1. The Hall–Kier alpha value is -1.58. The van der Waals surface area contributed by atoms with Crippen molar-refractivity contribution in [3.8, 4) is 0 Å². The van der Waals surface area contributed by atoms with Gasteiger partial charge in [-0.1, -0.05) is 0 Å². The predicted octanol–water partition coefficient (Wildman–Crippen LogP) is -0.720. The van der Waals surface area contributed by atoms with Gasteiger partial charge in [0.05, 0.1) is 18.5 Å². The number of nitrogens with one attached hydrogen (secondary N) is 1. The van der Waals surface area contributed by atoms with Crippen molar-refractivity contribution in [3.63, 3.8) is 0 Å². The lowest BCUT2D eigenvalue weighted by Gasteiger charge is -2.13. The lowest BCUT2D eigenvalue weighted by atomic mass is 10.2. The summed E-state index contributed by atoms with van der Waals surface area (Å²) in [6.07, 6.45) is 0.491. The molecule has 3 rings (SSSR count). The molecular formula is C10H13N5O3S. The van der Waals surface area contributed by atoms with Crippen molar-refractivity contribution in [1.82, 2.24) is 19.5 Å². The Balaban J connectivity index is 2.05. The number of hydrogen-bond acceptors (Lipinski definition) is 7. The van der Waals surface area contributed by atoms with E-state index >= 15 is 0 Å². The van der Waals surface area contributed by atoms with Crippen LogP contribution in [0, 0.1) is 0 Å². The van der Waals surface area contributed by atoms with E-state index in [1.165, 1.54) is 6.33 Å². The van der Waals surface area contributed by atoms with Gasteiger partial charge >= 0.3 is 0 Å². The molecule has 0 aromatic carbocycles. The van der Waals surface area contributed by atoms with Gasteiger partial charge in [0.25, 0.3) is 5.56 Å². The number of aliphatic hydroxyl groups excluding tert-OH is 1. The summed E-state index contributed by atoms with van der Waals surface area (Å²) in [6.45, 7) is 0. The molecule has 4 N–H and O–H groups in total. The van der Waals surface area contributed by atoms with Crippen LogP contribution in [-0.4, -0.2) is 42.6 Å². The minimum absolute atomic E-state index is 0.0172. The Bertz CT molecular complexity index is 669. The van der Waals surface area contributed by atoms with Crippen molar-refractivity contribution in [1.29, 1.82) is 0 Å². The lowest BCUT2D eigenvalue weighted by molar-refractivity contribution is -0.00353. The zero-order chi connectivity index (χ0) is 13.6. The van der Waals surface area contributed by atoms with Crippen molar-refractivity contribution in [3.05, 3.63) is 16.7 Å². The van der Waals surface area contributed by atoms with Crippen LogP contribution in [0.15, 0.2) is 11.1 Å². The predicted molar refractivity (Wildman–Crippen MR) is 70.9 cm³/mol. The molecule has 9 heteroatoms. The summed E-state index contributed by atoms with van der Waals surface area (Å²) in [7, 11) is 0. The first-order chi connectivity index (χ1) is 9.10. The molecule has 0 radical (unpaired) electrons. The second kappa shape index (κ2) is 4.51. The zero-order valence-corrected chi connectivity index (χ0v) is 10.7. The first kappa shape index (κ1) is 12.5. The number of imidazole rings is 1. The number of rotatable bonds is 2. The topological polar surface area (TPSA) is 119 Å². The second-order valence-electron chi connectivity index (χ2n) is 4.39. The molecule has 102 valence electrons. The van der Waals surface area contributed by atoms with Gasteiger partial charge in [-0.05, 0) is 0 Å². The third-order valence-electron chi connectivity index (χ3n) is 3.15. The normalized spacial score (nSPS) is 27.2. The fraction of sp³-hybridized carbons (Fsp3) is 0.500. The fourth-order valence-electron chi connectivity index (χ4n) is 2.20. The fourth-order valence-corrected chi connectivity index (χ4v) is 2.53. The average Bonchev–Trinajstić information content (AvgIpc) is 2.92. The van der Waals surface area contributed by atoms with Crippen molar-refractivity contribution >= 4 is 29.7 Å². The summed E-state index contributed by atoms with van der Waals surface area (Å²) in [5.41, 5.74) is 5.67. The molecule has 2 aromatic rings. The van der Waals surface area contributed by atoms with E-state index in [1.807, 2.05) is 0 Å². The molecule has 1 aliphatic rings. The number of nitrogen functional groups attached to an aromatic ring is 1. The first-order valence-corrected chi connectivity index (χ1v) is 6.40. The Morgan fingerprint density at radius 2 is 2.47 bits per heavy atom. The number of anilines is 1. The lowest BCUT2D eigenvalue weighted by Crippen LogP contribution is -2.22. The van der Waals surface area contributed by atoms with E-state index in [0.717, 1.165) is 0 Å². The summed E-state index contributed by atoms with van der Waals surface area (Å²) in [5.74, 6) is 0.434. The standard InChI is InChI=1S/C10H13N5O3S/c11-10-13-8-7(9(17)14-10)12-3-15(8)6-1-4(16)5(2-19)18-6/h3-6,16,19H,1-2H2,(H3,11,13,14,17). The number of nitrogens with two attached hydrogens (primary N) is 1. The summed E-state index contributed by atoms with van der Waals surface area (Å²) in [5, 5.41) is 9.82. The Morgan fingerprint density at radius 3 is 3.16 bits per heavy atom. The van der Waals surface area contributed by atoms with Gasteiger partial charge in [-0.25, -0.2) is 4.98 Å². The van der Waals surface area contributed by atoms with Gasteiger partial charge in [-0.3, -0.25) is 14.3 Å². The molecule has 0 amide bonds. The average molecular weight is 283 g/mol. The Morgan fingerprint density at radius 1 is 1.68 bits per heavy atom. The summed E-state index contributed by atoms with van der Waals surface area (Å²) in [6, 6.07) is 0. The van der Waals surface area contributed by atoms with Crippen LogP contribution in [0.5, 0.6) is 0 Å². The number of ether oxygens (including phenoxy) is 1. The van der Waals surface area contributed by atoms with Crippen molar-refractivity contribution in [2.75, 3.05) is 11.5 Å². The number of fused-ring (bicyclic) bond motifs is 1. The molecule has 8 nitrogen and oxygen atoms in total. The molecule has 1 saturated heterocycles. The maximum atomic E-state index is 11.7. The van der Waals surface area contributed by atoms with Gasteiger partial charge in [0.15, 0.2) is 11.2 Å². The minimum atomic E-state index is -0.598. The first-order valence-electron chi connectivity index (χ1n) is 5.77. The number of thiol groups is 1. The smallest absolute Gasteiger partial charge is 0.280 e. The van der Waals surface area contributed by atoms with Crippen molar-refractivity contribution < 1.29 is 9.84 Å². The molecule has 1 fully saturated rings. The van der Waals surface area contributed by atoms with Gasteiger partial charge in [-0.2, -0.15) is 17.6 Å². The molecule has 3 unspecified atom stereocenters. The van der Waals surface area contributed by atoms with Crippen LogP contribution in [0.25, 0.3) is 11.2 Å². The van der Waals surface area contributed by atoms with E-state index in [4.69, 9.17) is 10.5 Å². The highest BCUT2D eigenvalue weighted by molar-refractivity contribution is 7.80. The monoisotopic (exact) mass is 283 g/mol. The molecule has 3 atom stereocenters. The molecule has 0 spiro atoms. The molecule has 0 aliphatic carbocycles. The van der Waals surface area contributed by atoms with E-state index in [0.29, 0.717) is 17.8 Å². The van der Waals surface area contributed by atoms with Gasteiger partial charge in [0, 0.05) is 12.2 Å². The van der Waals surface area contributed by atoms with E-state index < -0.39 is 17.9 Å². The van der Waals surface area contributed by atoms with Crippen molar-refractivity contribution in [2.24, 2.45) is 0 Å². The van der Waals surface area contributed by atoms with Crippen LogP contribution in [0.3, 0.4) is 0 Å². The molecule has 19 heavy (non-hydrogen) atoms. The maximum absolute atomic E-state index is 11.7. The second-order valence-corrected chi connectivity index (χ2v) is 4.76. The van der Waals surface area contributed by atoms with Crippen molar-refractivity contribution in [2.45, 2.75) is 24.9 Å². The van der Waals surface area contributed by atoms with E-state index in [2.05, 4.69) is 27.6 Å². The van der Waals surface area contributed by atoms with Crippen LogP contribution in [0.4, 0.5) is 5.95 Å². The molecule has 0 saturated carbocycles. The molecular weight excluding hydrogens is 270 g/mol. The Kier molecular flexibility index (Phi) is 2.96. The van der Waals surface area contributed by atoms with Gasteiger partial charge in [0.2, 0.25) is 5.95 Å². The van der Waals surface area contributed by atoms with Crippen LogP contribution in [-0.2, 0) is 4.74 Å². The van der Waals surface area contributed by atoms with Crippen LogP contribution < -0.4 is 11.3 Å². The van der Waals surface area contributed by atoms with E-state index in [1.54, 1.807) is 4.57 Å². The zero-order valence-electron chi connectivity index (χ0n) is 9.85. The molecule has 3 heterocycles. The van der Waals surface area contributed by atoms with E-state index in [-0.39, 0.29) is 17.6 Å². The number of H-pyrrole nitrogens is 1. The number of hydrogen-bond donors (Lipinski definition) is 4. The SMILES string of the molecule is Nc1nc2c(ncn2C2CC(O)C(CS)O2)c(=O)[nH]1. The minimum Gasteiger partial charge on any atom is -0.390 e. The van der Waals surface area contributed by atoms with Gasteiger partial charge in [0.1, 0.15) is 6.23 Å². The molecule has 1 aliphatic heterocycles. The number of aromatic nitrogens is 4. The highest BCUT2D eigenvalue weighted by Crippen LogP contribution is 2.30. The summed E-state index contributed by atoms with van der Waals surface area (Å²) < 4.78 is 7.26. The maximum Gasteiger partial charge on any atom is 0.280 e. The van der Waals surface area contributed by atoms with Crippen LogP contribution in [0.1, 0.15) is 12.6 Å². The largest absolute Gasteiger partial charge is 0.390 e. The highest BCUT2D eigenvalue weighted by atomic mass is 32.1. The summed E-state index contributed by atoms with van der Waals surface area (Å²) in [4.78, 5) is 22.1. The Labute approximate surface area is 113 Å². The quantitative estimate of drug-likeness (QED) is 0.540.